The first kappa shape index (κ1) is 19.4. The van der Waals surface area contributed by atoms with E-state index in [0.717, 1.165) is 21.4 Å². The lowest BCUT2D eigenvalue weighted by atomic mass is 10.2. The van der Waals surface area contributed by atoms with Gasteiger partial charge in [-0.15, -0.1) is 15.3 Å². The third-order valence-corrected chi connectivity index (χ3v) is 7.23. The molecule has 5 rings (SSSR count). The van der Waals surface area contributed by atoms with Crippen LogP contribution in [0.1, 0.15) is 5.82 Å². The van der Waals surface area contributed by atoms with E-state index in [1.54, 1.807) is 11.7 Å². The molecule has 0 spiro atoms. The second-order valence-corrected chi connectivity index (χ2v) is 9.73. The Bertz CT molecular complexity index is 1520. The summed E-state index contributed by atoms with van der Waals surface area (Å²) in [5.41, 5.74) is 1.56. The van der Waals surface area contributed by atoms with Crippen LogP contribution >= 0.6 is 46.9 Å². The highest BCUT2D eigenvalue weighted by molar-refractivity contribution is 8.00. The van der Waals surface area contributed by atoms with Gasteiger partial charge in [-0.2, -0.15) is 0 Å². The van der Waals surface area contributed by atoms with Crippen LogP contribution in [0.3, 0.4) is 0 Å². The molecule has 7 nitrogen and oxygen atoms in total. The van der Waals surface area contributed by atoms with Gasteiger partial charge in [0, 0.05) is 12.1 Å². The fraction of sp³-hybridized carbons (Fsp3) is 0.105. The van der Waals surface area contributed by atoms with E-state index in [0.29, 0.717) is 25.9 Å². The number of hydrogen-bond acceptors (Lipinski definition) is 7. The van der Waals surface area contributed by atoms with Crippen molar-refractivity contribution in [1.29, 1.82) is 0 Å². The molecule has 0 fully saturated rings. The van der Waals surface area contributed by atoms with Crippen molar-refractivity contribution in [1.82, 2.24) is 28.9 Å². The molecule has 0 unspecified atom stereocenters. The molecule has 0 saturated heterocycles. The Morgan fingerprint density at radius 2 is 1.90 bits per heavy atom. The van der Waals surface area contributed by atoms with Crippen LogP contribution in [-0.4, -0.2) is 28.9 Å². The van der Waals surface area contributed by atoms with E-state index in [9.17, 15) is 4.79 Å². The summed E-state index contributed by atoms with van der Waals surface area (Å²) >= 11 is 14.4. The third kappa shape index (κ3) is 3.25. The summed E-state index contributed by atoms with van der Waals surface area (Å²) in [4.78, 5) is 12.6. The van der Waals surface area contributed by atoms with Crippen LogP contribution in [0.4, 0.5) is 0 Å². The molecule has 0 atom stereocenters. The number of thioether (sulfide) groups is 1. The van der Waals surface area contributed by atoms with E-state index >= 15 is 0 Å². The maximum absolute atomic E-state index is 12.6. The second-order valence-electron chi connectivity index (χ2n) is 6.44. The van der Waals surface area contributed by atoms with E-state index < -0.39 is 0 Å². The number of aromatic nitrogens is 6. The van der Waals surface area contributed by atoms with Crippen LogP contribution in [0.25, 0.3) is 22.4 Å². The van der Waals surface area contributed by atoms with Gasteiger partial charge in [-0.3, -0.25) is 13.8 Å². The first-order valence-corrected chi connectivity index (χ1v) is 11.4. The van der Waals surface area contributed by atoms with Crippen molar-refractivity contribution in [3.8, 4) is 5.69 Å². The van der Waals surface area contributed by atoms with Crippen molar-refractivity contribution in [3.05, 3.63) is 73.7 Å². The Balaban J connectivity index is 1.51. The molecule has 0 amide bonds. The van der Waals surface area contributed by atoms with Gasteiger partial charge in [0.2, 0.25) is 5.78 Å². The maximum atomic E-state index is 12.6. The molecule has 0 aliphatic carbocycles. The lowest BCUT2D eigenvalue weighted by molar-refractivity contribution is 0.828. The van der Waals surface area contributed by atoms with Gasteiger partial charge in [-0.1, -0.05) is 46.8 Å². The van der Waals surface area contributed by atoms with Gasteiger partial charge in [-0.25, -0.2) is 4.68 Å². The summed E-state index contributed by atoms with van der Waals surface area (Å²) in [7, 11) is 1.70. The van der Waals surface area contributed by atoms with Crippen molar-refractivity contribution in [2.75, 3.05) is 0 Å². The highest BCUT2D eigenvalue weighted by atomic mass is 35.5. The molecule has 2 aromatic carbocycles. The minimum absolute atomic E-state index is 0.0932. The largest absolute Gasteiger partial charge is 0.279 e. The zero-order valence-corrected chi connectivity index (χ0v) is 18.7. The van der Waals surface area contributed by atoms with E-state index in [1.165, 1.54) is 27.7 Å². The fourth-order valence-electron chi connectivity index (χ4n) is 3.18. The summed E-state index contributed by atoms with van der Waals surface area (Å²) in [5.74, 6) is 1.78. The number of halogens is 1. The van der Waals surface area contributed by atoms with Crippen molar-refractivity contribution >= 4 is 63.6 Å². The van der Waals surface area contributed by atoms with Crippen molar-refractivity contribution < 1.29 is 0 Å². The molecule has 5 aromatic rings. The molecule has 0 bridgehead atoms. The summed E-state index contributed by atoms with van der Waals surface area (Å²) in [6.07, 6.45) is 0. The van der Waals surface area contributed by atoms with Crippen molar-refractivity contribution in [2.45, 2.75) is 10.1 Å². The van der Waals surface area contributed by atoms with E-state index in [2.05, 4.69) is 15.3 Å². The third-order valence-electron chi connectivity index (χ3n) is 4.62. The summed E-state index contributed by atoms with van der Waals surface area (Å²) < 4.78 is 6.63. The second kappa shape index (κ2) is 7.62. The number of para-hydroxylation sites is 1. The Morgan fingerprint density at radius 3 is 2.70 bits per heavy atom. The van der Waals surface area contributed by atoms with Crippen LogP contribution in [0, 0.1) is 3.95 Å². The highest BCUT2D eigenvalue weighted by Crippen LogP contribution is 2.28. The average molecular weight is 473 g/mol. The molecule has 0 aliphatic rings. The van der Waals surface area contributed by atoms with E-state index in [4.69, 9.17) is 23.8 Å². The van der Waals surface area contributed by atoms with Gasteiger partial charge < -0.3 is 0 Å². The molecule has 0 saturated carbocycles. The Kier molecular flexibility index (Phi) is 4.94. The van der Waals surface area contributed by atoms with Gasteiger partial charge >= 0.3 is 0 Å². The number of hydrogen-bond donors (Lipinski definition) is 0. The minimum Gasteiger partial charge on any atom is -0.279 e. The maximum Gasteiger partial charge on any atom is 0.262 e. The van der Waals surface area contributed by atoms with Gasteiger partial charge in [0.05, 0.1) is 22.3 Å². The molecular formula is C19H13ClN6OS3. The first-order valence-electron chi connectivity index (χ1n) is 8.83. The Labute approximate surface area is 188 Å². The Morgan fingerprint density at radius 1 is 1.13 bits per heavy atom. The smallest absolute Gasteiger partial charge is 0.262 e. The topological polar surface area (TPSA) is 70.0 Å². The predicted octanol–water partition coefficient (Wildman–Crippen LogP) is 4.50. The average Bonchev–Trinajstić information content (AvgIpc) is 3.35. The predicted molar refractivity (Wildman–Crippen MR) is 123 cm³/mol. The molecule has 11 heteroatoms. The monoisotopic (exact) mass is 472 g/mol. The molecule has 3 heterocycles. The van der Waals surface area contributed by atoms with Gasteiger partial charge in [0.15, 0.2) is 8.29 Å². The van der Waals surface area contributed by atoms with Crippen molar-refractivity contribution in [2.24, 2.45) is 7.05 Å². The zero-order valence-electron chi connectivity index (χ0n) is 15.5. The Hall–Kier alpha value is -2.53. The molecular weight excluding hydrogens is 460 g/mol. The number of fused-ring (bicyclic) bond motifs is 3. The van der Waals surface area contributed by atoms with Crippen molar-refractivity contribution in [3.63, 3.8) is 0 Å². The van der Waals surface area contributed by atoms with Crippen LogP contribution in [0.2, 0.25) is 5.02 Å². The van der Waals surface area contributed by atoms with E-state index in [1.807, 2.05) is 52.9 Å². The fourth-order valence-corrected chi connectivity index (χ4v) is 5.58. The van der Waals surface area contributed by atoms with Crippen LogP contribution in [0.15, 0.2) is 57.7 Å². The first-order chi connectivity index (χ1) is 14.5. The van der Waals surface area contributed by atoms with E-state index in [-0.39, 0.29) is 5.56 Å². The van der Waals surface area contributed by atoms with Crippen LogP contribution in [-0.2, 0) is 12.8 Å². The summed E-state index contributed by atoms with van der Waals surface area (Å²) in [6.45, 7) is 0. The SMILES string of the molecule is Cn1c(=O)c2ccccc2n2c(CSc3nn(-c4ccc(Cl)cc4)c(=S)s3)nnc12. The van der Waals surface area contributed by atoms with Gasteiger partial charge in [0.1, 0.15) is 5.82 Å². The molecule has 0 N–H and O–H groups in total. The van der Waals surface area contributed by atoms with Gasteiger partial charge in [-0.05, 0) is 48.6 Å². The number of aryl methyl sites for hydroxylation is 1. The molecule has 30 heavy (non-hydrogen) atoms. The number of nitrogens with zero attached hydrogens (tertiary/aromatic N) is 6. The van der Waals surface area contributed by atoms with Crippen LogP contribution in [0.5, 0.6) is 0 Å². The standard InChI is InChI=1S/C19H13ClN6OS3/c1-24-16(27)13-4-2-3-5-14(13)25-15(21-22-17(24)25)10-29-18-23-26(19(28)30-18)12-8-6-11(20)7-9-12/h2-9H,10H2,1H3. The quantitative estimate of drug-likeness (QED) is 0.283. The lowest BCUT2D eigenvalue weighted by Crippen LogP contribution is -2.20. The van der Waals surface area contributed by atoms with Gasteiger partial charge in [0.25, 0.3) is 5.56 Å². The molecule has 0 radical (unpaired) electrons. The van der Waals surface area contributed by atoms with Crippen LogP contribution < -0.4 is 5.56 Å². The normalized spacial score (nSPS) is 11.5. The summed E-state index contributed by atoms with van der Waals surface area (Å²) in [5, 5.41) is 14.5. The number of benzene rings is 2. The highest BCUT2D eigenvalue weighted by Gasteiger charge is 2.15. The minimum atomic E-state index is -0.0932. The summed E-state index contributed by atoms with van der Waals surface area (Å²) in [6, 6.07) is 14.8. The zero-order chi connectivity index (χ0) is 20.8. The lowest BCUT2D eigenvalue weighted by Gasteiger charge is -2.07. The molecule has 0 aliphatic heterocycles. The molecule has 150 valence electrons. The molecule has 3 aromatic heterocycles. The number of rotatable bonds is 4.